The van der Waals surface area contributed by atoms with Crippen molar-refractivity contribution in [1.82, 2.24) is 0 Å². The molecule has 0 amide bonds. The first kappa shape index (κ1) is 18.0. The molecule has 0 saturated heterocycles. The van der Waals surface area contributed by atoms with Crippen LogP contribution in [0.25, 0.3) is 0 Å². The van der Waals surface area contributed by atoms with Crippen LogP contribution >= 0.6 is 0 Å². The number of ether oxygens (including phenoxy) is 2. The summed E-state index contributed by atoms with van der Waals surface area (Å²) >= 11 is 0. The van der Waals surface area contributed by atoms with Crippen molar-refractivity contribution in [1.29, 1.82) is 0 Å². The van der Waals surface area contributed by atoms with Crippen molar-refractivity contribution in [2.45, 2.75) is 12.8 Å². The first-order chi connectivity index (χ1) is 11.8. The predicted molar refractivity (Wildman–Crippen MR) is 98.5 cm³/mol. The van der Waals surface area contributed by atoms with Gasteiger partial charge in [0.15, 0.2) is 0 Å². The molecule has 0 aromatic heterocycles. The zero-order valence-electron chi connectivity index (χ0n) is 14.0. The fourth-order valence-electron chi connectivity index (χ4n) is 2.26. The molecule has 0 radical (unpaired) electrons. The molecule has 2 rings (SSSR count). The maximum atomic E-state index is 5.65. The Kier molecular flexibility index (Phi) is 7.87. The Labute approximate surface area is 144 Å². The molecule has 0 bridgehead atoms. The van der Waals surface area contributed by atoms with Crippen LogP contribution in [-0.4, -0.2) is 26.3 Å². The third-order valence-electron chi connectivity index (χ3n) is 3.57. The molecule has 4 N–H and O–H groups in total. The van der Waals surface area contributed by atoms with Crippen molar-refractivity contribution in [2.75, 3.05) is 26.3 Å². The van der Waals surface area contributed by atoms with Gasteiger partial charge in [-0.2, -0.15) is 0 Å². The molecule has 0 heterocycles. The highest BCUT2D eigenvalue weighted by atomic mass is 16.5. The minimum absolute atomic E-state index is 0.523. The topological polar surface area (TPSA) is 70.5 Å². The Morgan fingerprint density at radius 3 is 1.33 bits per heavy atom. The largest absolute Gasteiger partial charge is 0.490 e. The first-order valence-electron chi connectivity index (χ1n) is 8.30. The lowest BCUT2D eigenvalue weighted by Gasteiger charge is -2.05. The molecule has 2 aromatic carbocycles. The summed E-state index contributed by atoms with van der Waals surface area (Å²) in [5, 5.41) is 0. The highest BCUT2D eigenvalue weighted by molar-refractivity contribution is 5.28. The van der Waals surface area contributed by atoms with Crippen LogP contribution < -0.4 is 20.9 Å². The van der Waals surface area contributed by atoms with Crippen LogP contribution in [-0.2, 0) is 12.8 Å². The summed E-state index contributed by atoms with van der Waals surface area (Å²) in [7, 11) is 0. The van der Waals surface area contributed by atoms with E-state index in [1.807, 2.05) is 60.7 Å². The summed E-state index contributed by atoms with van der Waals surface area (Å²) in [5.41, 5.74) is 13.5. The van der Waals surface area contributed by atoms with Crippen molar-refractivity contribution in [3.05, 3.63) is 71.8 Å². The third kappa shape index (κ3) is 6.44. The van der Waals surface area contributed by atoms with Crippen LogP contribution in [0.3, 0.4) is 0 Å². The zero-order valence-corrected chi connectivity index (χ0v) is 14.0. The van der Waals surface area contributed by atoms with Gasteiger partial charge < -0.3 is 20.9 Å². The molecule has 0 aliphatic rings. The summed E-state index contributed by atoms with van der Waals surface area (Å²) in [5.74, 6) is 1.72. The fraction of sp³-hybridized carbons (Fsp3) is 0.300. The first-order valence-corrected chi connectivity index (χ1v) is 8.30. The minimum atomic E-state index is 0.523. The Hall–Kier alpha value is -2.30. The van der Waals surface area contributed by atoms with Crippen molar-refractivity contribution in [2.24, 2.45) is 11.5 Å². The summed E-state index contributed by atoms with van der Waals surface area (Å²) < 4.78 is 11.3. The maximum Gasteiger partial charge on any atom is 0.119 e. The molecular weight excluding hydrogens is 300 g/mol. The highest BCUT2D eigenvalue weighted by Gasteiger charge is 1.95. The van der Waals surface area contributed by atoms with Crippen molar-refractivity contribution < 1.29 is 9.47 Å². The predicted octanol–water partition coefficient (Wildman–Crippen LogP) is 2.70. The fourth-order valence-corrected chi connectivity index (χ4v) is 2.26. The van der Waals surface area contributed by atoms with Crippen LogP contribution in [0.15, 0.2) is 60.7 Å². The lowest BCUT2D eigenvalue weighted by molar-refractivity contribution is 0.350. The van der Waals surface area contributed by atoms with E-state index in [4.69, 9.17) is 20.9 Å². The van der Waals surface area contributed by atoms with E-state index in [9.17, 15) is 0 Å². The number of hydrogen-bond donors (Lipinski definition) is 2. The number of hydrogen-bond acceptors (Lipinski definition) is 4. The molecule has 128 valence electrons. The van der Waals surface area contributed by atoms with E-state index in [0.717, 1.165) is 24.3 Å². The average Bonchev–Trinajstić information content (AvgIpc) is 2.61. The summed E-state index contributed by atoms with van der Waals surface area (Å²) in [6.45, 7) is 2.38. The van der Waals surface area contributed by atoms with Gasteiger partial charge >= 0.3 is 0 Å². The molecule has 0 aliphatic heterocycles. The van der Waals surface area contributed by atoms with E-state index in [0.29, 0.717) is 26.3 Å². The van der Waals surface area contributed by atoms with Crippen molar-refractivity contribution >= 4 is 0 Å². The van der Waals surface area contributed by atoms with Crippen molar-refractivity contribution in [3.63, 3.8) is 0 Å². The Bertz CT molecular complexity index is 551. The monoisotopic (exact) mass is 326 g/mol. The summed E-state index contributed by atoms with van der Waals surface area (Å²) in [6, 6.07) is 16.1. The second-order valence-corrected chi connectivity index (χ2v) is 5.46. The van der Waals surface area contributed by atoms with Crippen LogP contribution in [0.2, 0.25) is 0 Å². The van der Waals surface area contributed by atoms with Gasteiger partial charge in [-0.3, -0.25) is 0 Å². The van der Waals surface area contributed by atoms with Crippen LogP contribution in [0.5, 0.6) is 11.5 Å². The number of rotatable bonds is 10. The van der Waals surface area contributed by atoms with Gasteiger partial charge in [0.25, 0.3) is 0 Å². The van der Waals surface area contributed by atoms with E-state index < -0.39 is 0 Å². The van der Waals surface area contributed by atoms with Gasteiger partial charge in [-0.05, 0) is 73.5 Å². The normalized spacial score (nSPS) is 10.9. The highest BCUT2D eigenvalue weighted by Crippen LogP contribution is 2.13. The van der Waals surface area contributed by atoms with Gasteiger partial charge in [-0.15, -0.1) is 0 Å². The van der Waals surface area contributed by atoms with Crippen LogP contribution in [0, 0.1) is 0 Å². The molecule has 2 aromatic rings. The second-order valence-electron chi connectivity index (χ2n) is 5.46. The standard InChI is InChI=1S/C20H26N2O2/c21-13-11-17-3-7-19(8-4-17)23-15-1-2-16-24-20-9-5-18(6-10-20)12-14-22/h1-10H,11-16,21-22H2/b2-1-. The SMILES string of the molecule is NCCc1ccc(OC/C=C\COc2ccc(CCN)cc2)cc1. The summed E-state index contributed by atoms with van der Waals surface area (Å²) in [4.78, 5) is 0. The van der Waals surface area contributed by atoms with Gasteiger partial charge in [-0.1, -0.05) is 24.3 Å². The lowest BCUT2D eigenvalue weighted by atomic mass is 10.1. The van der Waals surface area contributed by atoms with E-state index in [-0.39, 0.29) is 0 Å². The quantitative estimate of drug-likeness (QED) is 0.659. The molecule has 0 saturated carbocycles. The van der Waals surface area contributed by atoms with Crippen LogP contribution in [0.4, 0.5) is 0 Å². The smallest absolute Gasteiger partial charge is 0.119 e. The Morgan fingerprint density at radius 2 is 1.00 bits per heavy atom. The Balaban J connectivity index is 1.65. The second kappa shape index (κ2) is 10.5. The molecule has 0 spiro atoms. The van der Waals surface area contributed by atoms with Crippen molar-refractivity contribution in [3.8, 4) is 11.5 Å². The number of benzene rings is 2. The molecule has 24 heavy (non-hydrogen) atoms. The zero-order chi connectivity index (χ0) is 17.0. The average molecular weight is 326 g/mol. The lowest BCUT2D eigenvalue weighted by Crippen LogP contribution is -2.02. The Morgan fingerprint density at radius 1 is 0.625 bits per heavy atom. The number of nitrogens with two attached hydrogens (primary N) is 2. The molecule has 0 fully saturated rings. The van der Waals surface area contributed by atoms with E-state index in [2.05, 4.69) is 0 Å². The molecule has 4 heteroatoms. The van der Waals surface area contributed by atoms with Crippen LogP contribution in [0.1, 0.15) is 11.1 Å². The summed E-state index contributed by atoms with van der Waals surface area (Å²) in [6.07, 6.45) is 5.70. The van der Waals surface area contributed by atoms with Gasteiger partial charge in [0.05, 0.1) is 0 Å². The minimum Gasteiger partial charge on any atom is -0.490 e. The van der Waals surface area contributed by atoms with Gasteiger partial charge in [0.2, 0.25) is 0 Å². The molecule has 4 nitrogen and oxygen atoms in total. The van der Waals surface area contributed by atoms with E-state index in [1.54, 1.807) is 0 Å². The molecule has 0 unspecified atom stereocenters. The van der Waals surface area contributed by atoms with Gasteiger partial charge in [-0.25, -0.2) is 0 Å². The van der Waals surface area contributed by atoms with E-state index >= 15 is 0 Å². The molecule has 0 atom stereocenters. The van der Waals surface area contributed by atoms with Gasteiger partial charge in [0, 0.05) is 0 Å². The maximum absolute atomic E-state index is 5.65. The molecule has 0 aliphatic carbocycles. The van der Waals surface area contributed by atoms with E-state index in [1.165, 1.54) is 11.1 Å². The van der Waals surface area contributed by atoms with Gasteiger partial charge in [0.1, 0.15) is 24.7 Å². The third-order valence-corrected chi connectivity index (χ3v) is 3.57. The molecular formula is C20H26N2O2.